The van der Waals surface area contributed by atoms with Crippen LogP contribution in [0.15, 0.2) is 48.5 Å². The molecule has 7 heteroatoms. The zero-order valence-electron chi connectivity index (χ0n) is 14.6. The molecule has 0 spiro atoms. The quantitative estimate of drug-likeness (QED) is 0.471. The molecule has 0 aromatic heterocycles. The summed E-state index contributed by atoms with van der Waals surface area (Å²) >= 11 is 0. The van der Waals surface area contributed by atoms with E-state index in [9.17, 15) is 28.1 Å². The lowest BCUT2D eigenvalue weighted by Gasteiger charge is -2.08. The third-order valence-electron chi connectivity index (χ3n) is 4.02. The molecule has 0 aliphatic carbocycles. The normalized spacial score (nSPS) is 11.7. The van der Waals surface area contributed by atoms with Gasteiger partial charge < -0.3 is 0 Å². The fraction of sp³-hybridized carbons (Fsp3) is 0.250. The van der Waals surface area contributed by atoms with Gasteiger partial charge >= 0.3 is 6.18 Å². The molecule has 2 rings (SSSR count). The second-order valence-electron chi connectivity index (χ2n) is 6.15. The molecule has 0 aliphatic rings. The van der Waals surface area contributed by atoms with Gasteiger partial charge in [-0.15, -0.1) is 0 Å². The fourth-order valence-corrected chi connectivity index (χ4v) is 2.60. The summed E-state index contributed by atoms with van der Waals surface area (Å²) in [5.41, 5.74) is 1.04. The molecular weight excluding hydrogens is 359 g/mol. The number of allylic oxidation sites excluding steroid dienone is 1. The van der Waals surface area contributed by atoms with Crippen LogP contribution < -0.4 is 0 Å². The van der Waals surface area contributed by atoms with Crippen LogP contribution in [0.5, 0.6) is 0 Å². The minimum absolute atomic E-state index is 0.0318. The Morgan fingerprint density at radius 1 is 1.19 bits per heavy atom. The second kappa shape index (κ2) is 8.62. The maximum Gasteiger partial charge on any atom is 0.416 e. The van der Waals surface area contributed by atoms with Crippen LogP contribution in [0.1, 0.15) is 35.1 Å². The Labute approximate surface area is 154 Å². The van der Waals surface area contributed by atoms with Crippen LogP contribution >= 0.6 is 0 Å². The number of halogens is 3. The van der Waals surface area contributed by atoms with Crippen LogP contribution in [-0.2, 0) is 17.4 Å². The number of aryl methyl sites for hydroxylation is 2. The number of benzene rings is 2. The predicted octanol–water partition coefficient (Wildman–Crippen LogP) is 5.53. The molecule has 0 radical (unpaired) electrons. The summed E-state index contributed by atoms with van der Waals surface area (Å²) < 4.78 is 38.0. The topological polar surface area (TPSA) is 60.2 Å². The molecular formula is C20H18F3NO3. The molecule has 0 atom stereocenters. The van der Waals surface area contributed by atoms with Crippen molar-refractivity contribution < 1.29 is 22.9 Å². The van der Waals surface area contributed by atoms with Crippen molar-refractivity contribution in [3.63, 3.8) is 0 Å². The lowest BCUT2D eigenvalue weighted by molar-refractivity contribution is -0.385. The van der Waals surface area contributed by atoms with Gasteiger partial charge in [0.2, 0.25) is 0 Å². The van der Waals surface area contributed by atoms with Crippen molar-refractivity contribution in [2.45, 2.75) is 32.4 Å². The van der Waals surface area contributed by atoms with Gasteiger partial charge in [-0.25, -0.2) is 0 Å². The number of nitro groups is 1. The zero-order valence-corrected chi connectivity index (χ0v) is 14.6. The predicted molar refractivity (Wildman–Crippen MR) is 96.3 cm³/mol. The van der Waals surface area contributed by atoms with Gasteiger partial charge in [0.1, 0.15) is 5.78 Å². The van der Waals surface area contributed by atoms with Crippen LogP contribution in [0.2, 0.25) is 0 Å². The van der Waals surface area contributed by atoms with E-state index in [1.54, 1.807) is 37.3 Å². The number of carbonyl (C=O) groups excluding carboxylic acids is 1. The van der Waals surface area contributed by atoms with Crippen molar-refractivity contribution >= 4 is 17.5 Å². The third kappa shape index (κ3) is 6.06. The Bertz CT molecular complexity index is 873. The van der Waals surface area contributed by atoms with Crippen LogP contribution in [0.3, 0.4) is 0 Å². The molecule has 0 bridgehead atoms. The summed E-state index contributed by atoms with van der Waals surface area (Å²) in [7, 11) is 0. The number of nitro benzene ring substituents is 1. The summed E-state index contributed by atoms with van der Waals surface area (Å²) in [6, 6.07) is 9.61. The summed E-state index contributed by atoms with van der Waals surface area (Å²) in [5, 5.41) is 10.8. The lowest BCUT2D eigenvalue weighted by Crippen LogP contribution is -2.06. The molecule has 142 valence electrons. The van der Waals surface area contributed by atoms with Gasteiger partial charge in [0.05, 0.1) is 10.5 Å². The highest BCUT2D eigenvalue weighted by Crippen LogP contribution is 2.29. The average Bonchev–Trinajstić information content (AvgIpc) is 2.59. The third-order valence-corrected chi connectivity index (χ3v) is 4.02. The molecule has 0 unspecified atom stereocenters. The van der Waals surface area contributed by atoms with E-state index in [0.29, 0.717) is 11.1 Å². The van der Waals surface area contributed by atoms with Crippen molar-refractivity contribution in [2.24, 2.45) is 0 Å². The smallest absolute Gasteiger partial charge is 0.299 e. The number of carbonyl (C=O) groups is 1. The molecule has 0 N–H and O–H groups in total. The number of ketones is 1. The largest absolute Gasteiger partial charge is 0.416 e. The van der Waals surface area contributed by atoms with Crippen molar-refractivity contribution in [2.75, 3.05) is 0 Å². The zero-order chi connectivity index (χ0) is 20.0. The van der Waals surface area contributed by atoms with Gasteiger partial charge in [0.25, 0.3) is 5.69 Å². The molecule has 0 saturated carbocycles. The summed E-state index contributed by atoms with van der Waals surface area (Å²) in [6.07, 6.45) is -0.521. The maximum atomic E-state index is 12.7. The average molecular weight is 377 g/mol. The van der Waals surface area contributed by atoms with E-state index in [1.807, 2.05) is 0 Å². The molecule has 0 aliphatic heterocycles. The van der Waals surface area contributed by atoms with Gasteiger partial charge in [-0.2, -0.15) is 13.2 Å². The van der Waals surface area contributed by atoms with E-state index in [-0.39, 0.29) is 30.7 Å². The molecule has 0 heterocycles. The molecule has 0 saturated heterocycles. The molecule has 0 fully saturated rings. The molecule has 2 aromatic carbocycles. The molecule has 0 amide bonds. The Morgan fingerprint density at radius 2 is 1.93 bits per heavy atom. The Hall–Kier alpha value is -2.96. The monoisotopic (exact) mass is 377 g/mol. The first-order valence-electron chi connectivity index (χ1n) is 8.26. The number of Topliss-reactive ketones (excluding diaryl/α,β-unsaturated/α-hetero) is 1. The van der Waals surface area contributed by atoms with Gasteiger partial charge in [-0.3, -0.25) is 14.9 Å². The van der Waals surface area contributed by atoms with E-state index in [1.165, 1.54) is 12.1 Å². The minimum atomic E-state index is -4.40. The van der Waals surface area contributed by atoms with E-state index in [0.717, 1.165) is 17.7 Å². The van der Waals surface area contributed by atoms with Crippen molar-refractivity contribution in [1.82, 2.24) is 0 Å². The summed E-state index contributed by atoms with van der Waals surface area (Å²) in [4.78, 5) is 22.3. The van der Waals surface area contributed by atoms with Crippen LogP contribution in [-0.4, -0.2) is 10.7 Å². The number of rotatable bonds is 7. The first-order chi connectivity index (χ1) is 12.7. The van der Waals surface area contributed by atoms with Gasteiger partial charge in [-0.05, 0) is 42.7 Å². The van der Waals surface area contributed by atoms with E-state index >= 15 is 0 Å². The maximum absolute atomic E-state index is 12.7. The number of hydrogen-bond acceptors (Lipinski definition) is 3. The van der Waals surface area contributed by atoms with Gasteiger partial charge in [-0.1, -0.05) is 30.4 Å². The van der Waals surface area contributed by atoms with Gasteiger partial charge in [0, 0.05) is 24.5 Å². The fourth-order valence-electron chi connectivity index (χ4n) is 2.60. The number of nitrogens with zero attached hydrogens (tertiary/aromatic N) is 1. The lowest BCUT2D eigenvalue weighted by atomic mass is 10.0. The molecule has 4 nitrogen and oxygen atoms in total. The van der Waals surface area contributed by atoms with Crippen LogP contribution in [0.4, 0.5) is 18.9 Å². The van der Waals surface area contributed by atoms with Crippen molar-refractivity contribution in [1.29, 1.82) is 0 Å². The highest BCUT2D eigenvalue weighted by molar-refractivity contribution is 5.81. The highest BCUT2D eigenvalue weighted by atomic mass is 19.4. The highest BCUT2D eigenvalue weighted by Gasteiger charge is 2.30. The summed E-state index contributed by atoms with van der Waals surface area (Å²) in [6.45, 7) is 1.63. The van der Waals surface area contributed by atoms with Crippen LogP contribution in [0.25, 0.3) is 6.08 Å². The summed E-state index contributed by atoms with van der Waals surface area (Å²) in [5.74, 6) is -0.0951. The standard InChI is InChI=1S/C20H18F3NO3/c1-14-12-15(9-11-19(14)24(26)27)5-3-7-18(25)10-8-16-4-2-6-17(13-16)20(21,22)23/h2-6,9,11-13H,7-8,10H2,1H3/b5-3+. The van der Waals surface area contributed by atoms with E-state index < -0.39 is 16.7 Å². The van der Waals surface area contributed by atoms with Crippen molar-refractivity contribution in [3.8, 4) is 0 Å². The molecule has 2 aromatic rings. The van der Waals surface area contributed by atoms with Crippen molar-refractivity contribution in [3.05, 3.63) is 80.9 Å². The first-order valence-corrected chi connectivity index (χ1v) is 8.26. The molecule has 27 heavy (non-hydrogen) atoms. The van der Waals surface area contributed by atoms with E-state index in [2.05, 4.69) is 0 Å². The Kier molecular flexibility index (Phi) is 6.50. The first kappa shape index (κ1) is 20.4. The van der Waals surface area contributed by atoms with Crippen LogP contribution in [0, 0.1) is 17.0 Å². The Balaban J connectivity index is 1.89. The second-order valence-corrected chi connectivity index (χ2v) is 6.15. The van der Waals surface area contributed by atoms with E-state index in [4.69, 9.17) is 0 Å². The SMILES string of the molecule is Cc1cc(/C=C/CC(=O)CCc2cccc(C(F)(F)F)c2)ccc1[N+](=O)[O-]. The Morgan fingerprint density at radius 3 is 2.56 bits per heavy atom. The minimum Gasteiger partial charge on any atom is -0.299 e. The number of alkyl halides is 3. The van der Waals surface area contributed by atoms with Gasteiger partial charge in [0.15, 0.2) is 0 Å². The number of hydrogen-bond donors (Lipinski definition) is 0.